The third-order valence-corrected chi connectivity index (χ3v) is 4.77. The second-order valence-corrected chi connectivity index (χ2v) is 6.95. The zero-order valence-electron chi connectivity index (χ0n) is 16.7. The van der Waals surface area contributed by atoms with E-state index in [9.17, 15) is 14.4 Å². The number of benzene rings is 2. The van der Waals surface area contributed by atoms with Crippen molar-refractivity contribution in [3.05, 3.63) is 80.5 Å². The van der Waals surface area contributed by atoms with Gasteiger partial charge >= 0.3 is 5.69 Å². The van der Waals surface area contributed by atoms with Gasteiger partial charge in [-0.15, -0.1) is 0 Å². The van der Waals surface area contributed by atoms with Crippen LogP contribution in [0.1, 0.15) is 17.5 Å². The van der Waals surface area contributed by atoms with Crippen LogP contribution in [0.2, 0.25) is 0 Å². The number of nitrogens with zero attached hydrogens (tertiary/aromatic N) is 2. The molecule has 1 heterocycles. The highest BCUT2D eigenvalue weighted by molar-refractivity contribution is 5.81. The van der Waals surface area contributed by atoms with Gasteiger partial charge in [-0.1, -0.05) is 42.0 Å². The minimum atomic E-state index is -0.490. The first-order valence-corrected chi connectivity index (χ1v) is 9.55. The number of amides is 1. The lowest BCUT2D eigenvalue weighted by molar-refractivity contribution is -0.121. The van der Waals surface area contributed by atoms with Crippen molar-refractivity contribution in [2.24, 2.45) is 0 Å². The van der Waals surface area contributed by atoms with E-state index in [4.69, 9.17) is 4.74 Å². The van der Waals surface area contributed by atoms with Gasteiger partial charge in [0, 0.05) is 26.8 Å². The molecule has 0 fully saturated rings. The molecular formula is C22H25N3O4. The molecule has 0 unspecified atom stereocenters. The number of carbonyl (C=O) groups is 1. The Labute approximate surface area is 168 Å². The summed E-state index contributed by atoms with van der Waals surface area (Å²) in [5.74, 6) is -0.292. The number of nitrogens with one attached hydrogen (secondary N) is 1. The number of rotatable bonds is 8. The number of para-hydroxylation sites is 1. The molecule has 3 rings (SSSR count). The lowest BCUT2D eigenvalue weighted by Gasteiger charge is -2.14. The van der Waals surface area contributed by atoms with E-state index in [1.54, 1.807) is 31.4 Å². The van der Waals surface area contributed by atoms with E-state index in [0.29, 0.717) is 30.5 Å². The first-order valence-electron chi connectivity index (χ1n) is 9.55. The Morgan fingerprint density at radius 1 is 1.03 bits per heavy atom. The van der Waals surface area contributed by atoms with Crippen molar-refractivity contribution in [1.82, 2.24) is 14.5 Å². The van der Waals surface area contributed by atoms with Crippen molar-refractivity contribution in [1.29, 1.82) is 0 Å². The molecule has 0 saturated heterocycles. The van der Waals surface area contributed by atoms with Gasteiger partial charge in [0.05, 0.1) is 10.9 Å². The summed E-state index contributed by atoms with van der Waals surface area (Å²) in [4.78, 5) is 38.2. The molecular weight excluding hydrogens is 370 g/mol. The Balaban J connectivity index is 1.87. The second-order valence-electron chi connectivity index (χ2n) is 6.95. The van der Waals surface area contributed by atoms with E-state index in [1.165, 1.54) is 9.13 Å². The fourth-order valence-electron chi connectivity index (χ4n) is 3.19. The maximum atomic E-state index is 13.0. The number of aromatic nitrogens is 2. The van der Waals surface area contributed by atoms with Crippen LogP contribution in [0, 0.1) is 6.92 Å². The maximum absolute atomic E-state index is 13.0. The summed E-state index contributed by atoms with van der Waals surface area (Å²) in [5, 5.41) is 3.25. The molecule has 7 nitrogen and oxygen atoms in total. The normalized spacial score (nSPS) is 11.0. The van der Waals surface area contributed by atoms with Crippen molar-refractivity contribution in [3.63, 3.8) is 0 Å². The third kappa shape index (κ3) is 4.81. The number of hydrogen-bond acceptors (Lipinski definition) is 4. The molecule has 1 aromatic heterocycles. The molecule has 1 N–H and O–H groups in total. The predicted octanol–water partition coefficient (Wildman–Crippen LogP) is 1.82. The molecule has 0 aliphatic carbocycles. The number of carbonyl (C=O) groups excluding carboxylic acids is 1. The van der Waals surface area contributed by atoms with Crippen molar-refractivity contribution in [2.45, 2.75) is 33.0 Å². The van der Waals surface area contributed by atoms with Crippen molar-refractivity contribution in [2.75, 3.05) is 13.7 Å². The predicted molar refractivity (Wildman–Crippen MR) is 112 cm³/mol. The molecule has 0 radical (unpaired) electrons. The topological polar surface area (TPSA) is 82.3 Å². The lowest BCUT2D eigenvalue weighted by atomic mass is 10.1. The quantitative estimate of drug-likeness (QED) is 0.590. The largest absolute Gasteiger partial charge is 0.385 e. The van der Waals surface area contributed by atoms with Crippen molar-refractivity contribution in [3.8, 4) is 0 Å². The molecule has 3 aromatic rings. The van der Waals surface area contributed by atoms with E-state index in [0.717, 1.165) is 11.1 Å². The summed E-state index contributed by atoms with van der Waals surface area (Å²) in [6, 6.07) is 14.7. The number of ether oxygens (including phenoxy) is 1. The second kappa shape index (κ2) is 9.34. The van der Waals surface area contributed by atoms with Gasteiger partial charge in [0.2, 0.25) is 5.91 Å². The van der Waals surface area contributed by atoms with E-state index >= 15 is 0 Å². The van der Waals surface area contributed by atoms with Crippen molar-refractivity contribution >= 4 is 16.8 Å². The van der Waals surface area contributed by atoms with Crippen molar-refractivity contribution < 1.29 is 9.53 Å². The van der Waals surface area contributed by atoms with Crippen LogP contribution < -0.4 is 16.6 Å². The fraction of sp³-hybridized carbons (Fsp3) is 0.318. The molecule has 0 atom stereocenters. The van der Waals surface area contributed by atoms with Gasteiger partial charge < -0.3 is 10.1 Å². The fourth-order valence-corrected chi connectivity index (χ4v) is 3.19. The van der Waals surface area contributed by atoms with Crippen LogP contribution in [0.4, 0.5) is 0 Å². The Bertz CT molecular complexity index is 1110. The third-order valence-electron chi connectivity index (χ3n) is 4.77. The van der Waals surface area contributed by atoms with Crippen LogP contribution in [-0.4, -0.2) is 28.8 Å². The molecule has 0 aliphatic rings. The molecule has 2 aromatic carbocycles. The Kier molecular flexibility index (Phi) is 6.61. The van der Waals surface area contributed by atoms with Gasteiger partial charge in [-0.05, 0) is 31.0 Å². The Hall–Kier alpha value is -3.19. The highest BCUT2D eigenvalue weighted by Gasteiger charge is 2.15. The van der Waals surface area contributed by atoms with E-state index < -0.39 is 5.69 Å². The molecule has 0 aliphatic heterocycles. The minimum Gasteiger partial charge on any atom is -0.385 e. The summed E-state index contributed by atoms with van der Waals surface area (Å²) in [7, 11) is 1.57. The van der Waals surface area contributed by atoms with Crippen LogP contribution in [0.15, 0.2) is 58.1 Å². The van der Waals surface area contributed by atoms with Gasteiger partial charge in [-0.25, -0.2) is 4.79 Å². The smallest absolute Gasteiger partial charge is 0.331 e. The monoisotopic (exact) mass is 395 g/mol. The molecule has 29 heavy (non-hydrogen) atoms. The molecule has 1 amide bonds. The summed E-state index contributed by atoms with van der Waals surface area (Å²) in [5.41, 5.74) is 1.74. The molecule has 0 bridgehead atoms. The van der Waals surface area contributed by atoms with Crippen LogP contribution in [0.25, 0.3) is 10.9 Å². The summed E-state index contributed by atoms with van der Waals surface area (Å²) in [6.07, 6.45) is 0.531. The minimum absolute atomic E-state index is 0.157. The van der Waals surface area contributed by atoms with Gasteiger partial charge in [-0.3, -0.25) is 18.7 Å². The molecule has 0 spiro atoms. The molecule has 152 valence electrons. The van der Waals surface area contributed by atoms with Gasteiger partial charge in [0.1, 0.15) is 6.54 Å². The zero-order valence-corrected chi connectivity index (χ0v) is 16.7. The van der Waals surface area contributed by atoms with E-state index in [2.05, 4.69) is 5.32 Å². The highest BCUT2D eigenvalue weighted by atomic mass is 16.5. The maximum Gasteiger partial charge on any atom is 0.331 e. The standard InChI is InChI=1S/C22H25N3O4/c1-16-8-10-17(11-9-16)14-23-20(26)15-25-19-7-4-3-6-18(19)21(27)24(22(25)28)12-5-13-29-2/h3-4,6-11H,5,12-15H2,1-2H3,(H,23,26). The van der Waals surface area contributed by atoms with Crippen LogP contribution in [0.5, 0.6) is 0 Å². The van der Waals surface area contributed by atoms with E-state index in [-0.39, 0.29) is 24.6 Å². The van der Waals surface area contributed by atoms with Gasteiger partial charge in [0.25, 0.3) is 5.56 Å². The van der Waals surface area contributed by atoms with Gasteiger partial charge in [0.15, 0.2) is 0 Å². The summed E-state index contributed by atoms with van der Waals surface area (Å²) >= 11 is 0. The molecule has 0 saturated carbocycles. The lowest BCUT2D eigenvalue weighted by Crippen LogP contribution is -2.42. The SMILES string of the molecule is COCCCn1c(=O)c2ccccc2n(CC(=O)NCc2ccc(C)cc2)c1=O. The van der Waals surface area contributed by atoms with Crippen LogP contribution >= 0.6 is 0 Å². The number of aryl methyl sites for hydroxylation is 1. The Morgan fingerprint density at radius 2 is 1.76 bits per heavy atom. The van der Waals surface area contributed by atoms with Gasteiger partial charge in [-0.2, -0.15) is 0 Å². The van der Waals surface area contributed by atoms with E-state index in [1.807, 2.05) is 31.2 Å². The summed E-state index contributed by atoms with van der Waals surface area (Å²) in [6.45, 7) is 2.90. The highest BCUT2D eigenvalue weighted by Crippen LogP contribution is 2.08. The van der Waals surface area contributed by atoms with Crippen LogP contribution in [0.3, 0.4) is 0 Å². The average molecular weight is 395 g/mol. The summed E-state index contributed by atoms with van der Waals surface area (Å²) < 4.78 is 7.55. The first-order chi connectivity index (χ1) is 14.0. The number of fused-ring (bicyclic) bond motifs is 1. The number of methoxy groups -OCH3 is 1. The first kappa shape index (κ1) is 20.5. The molecule has 7 heteroatoms. The average Bonchev–Trinajstić information content (AvgIpc) is 2.73. The van der Waals surface area contributed by atoms with Crippen LogP contribution in [-0.2, 0) is 29.2 Å². The number of hydrogen-bond donors (Lipinski definition) is 1. The zero-order chi connectivity index (χ0) is 20.8. The Morgan fingerprint density at radius 3 is 2.48 bits per heavy atom.